The Hall–Kier alpha value is 0.310. The monoisotopic (exact) mass is 442 g/mol. The standard InChI is InChI=1S/C16H34N4S.HI/c1-5-11-20(6-2)12-10-18-16(17-4)19-14-8-9-15(13-14)21-7-3;/h14-15H,5-13H2,1-4H3,(H2,17,18,19);1H. The number of likely N-dealkylation sites (N-methyl/N-ethyl adjacent to an activating group) is 1. The molecule has 1 aliphatic rings. The lowest BCUT2D eigenvalue weighted by molar-refractivity contribution is 0.292. The molecule has 0 saturated heterocycles. The van der Waals surface area contributed by atoms with E-state index in [4.69, 9.17) is 0 Å². The van der Waals surface area contributed by atoms with Crippen molar-refractivity contribution in [2.24, 2.45) is 4.99 Å². The number of halogens is 1. The minimum atomic E-state index is 0. The van der Waals surface area contributed by atoms with Crippen molar-refractivity contribution in [3.63, 3.8) is 0 Å². The van der Waals surface area contributed by atoms with E-state index in [1.54, 1.807) is 0 Å². The first kappa shape index (κ1) is 22.3. The van der Waals surface area contributed by atoms with Gasteiger partial charge in [0.25, 0.3) is 0 Å². The van der Waals surface area contributed by atoms with Crippen LogP contribution in [0, 0.1) is 0 Å². The van der Waals surface area contributed by atoms with Crippen molar-refractivity contribution in [1.82, 2.24) is 15.5 Å². The van der Waals surface area contributed by atoms with Crippen LogP contribution >= 0.6 is 35.7 Å². The molecule has 0 aromatic heterocycles. The predicted octanol–water partition coefficient (Wildman–Crippen LogP) is 3.18. The lowest BCUT2D eigenvalue weighted by Gasteiger charge is -2.22. The van der Waals surface area contributed by atoms with Crippen LogP contribution in [0.4, 0.5) is 0 Å². The van der Waals surface area contributed by atoms with Gasteiger partial charge in [-0.15, -0.1) is 24.0 Å². The van der Waals surface area contributed by atoms with E-state index in [0.717, 1.165) is 30.8 Å². The normalized spacial score (nSPS) is 21.8. The van der Waals surface area contributed by atoms with Gasteiger partial charge < -0.3 is 15.5 Å². The average molecular weight is 442 g/mol. The Kier molecular flexibility index (Phi) is 13.9. The van der Waals surface area contributed by atoms with Gasteiger partial charge in [0, 0.05) is 31.4 Å². The van der Waals surface area contributed by atoms with Crippen LogP contribution in [0.2, 0.25) is 0 Å². The maximum absolute atomic E-state index is 4.36. The number of hydrogen-bond donors (Lipinski definition) is 2. The zero-order chi connectivity index (χ0) is 15.5. The Morgan fingerprint density at radius 1 is 1.23 bits per heavy atom. The maximum Gasteiger partial charge on any atom is 0.191 e. The van der Waals surface area contributed by atoms with Crippen LogP contribution in [0.5, 0.6) is 0 Å². The summed E-state index contributed by atoms with van der Waals surface area (Å²) < 4.78 is 0. The second-order valence-corrected chi connectivity index (χ2v) is 7.24. The van der Waals surface area contributed by atoms with Crippen molar-refractivity contribution in [2.45, 2.75) is 57.7 Å². The van der Waals surface area contributed by atoms with E-state index < -0.39 is 0 Å². The fourth-order valence-electron chi connectivity index (χ4n) is 2.92. The molecule has 0 heterocycles. The molecule has 6 heteroatoms. The minimum absolute atomic E-state index is 0. The molecule has 1 rings (SSSR count). The van der Waals surface area contributed by atoms with E-state index in [0.29, 0.717) is 6.04 Å². The summed E-state index contributed by atoms with van der Waals surface area (Å²) in [5.74, 6) is 2.20. The molecule has 1 aliphatic carbocycles. The van der Waals surface area contributed by atoms with Gasteiger partial charge in [0.2, 0.25) is 0 Å². The van der Waals surface area contributed by atoms with Crippen molar-refractivity contribution < 1.29 is 0 Å². The predicted molar refractivity (Wildman–Crippen MR) is 112 cm³/mol. The number of aliphatic imine (C=N–C) groups is 1. The summed E-state index contributed by atoms with van der Waals surface area (Å²) in [6, 6.07) is 0.596. The summed E-state index contributed by atoms with van der Waals surface area (Å²) in [7, 11) is 1.87. The van der Waals surface area contributed by atoms with Crippen LogP contribution in [0.1, 0.15) is 46.5 Å². The highest BCUT2D eigenvalue weighted by Crippen LogP contribution is 2.29. The van der Waals surface area contributed by atoms with Gasteiger partial charge in [-0.3, -0.25) is 4.99 Å². The Bertz CT molecular complexity index is 302. The highest BCUT2D eigenvalue weighted by molar-refractivity contribution is 14.0. The van der Waals surface area contributed by atoms with Crippen molar-refractivity contribution in [1.29, 1.82) is 0 Å². The molecule has 0 spiro atoms. The fourth-order valence-corrected chi connectivity index (χ4v) is 4.07. The SMILES string of the molecule is CCCN(CC)CCNC(=NC)NC1CCC(SCC)C1.I. The van der Waals surface area contributed by atoms with Gasteiger partial charge in [-0.2, -0.15) is 11.8 Å². The topological polar surface area (TPSA) is 39.7 Å². The van der Waals surface area contributed by atoms with Gasteiger partial charge in [0.15, 0.2) is 5.96 Å². The lowest BCUT2D eigenvalue weighted by Crippen LogP contribution is -2.45. The molecule has 0 bridgehead atoms. The number of thioether (sulfide) groups is 1. The van der Waals surface area contributed by atoms with Crippen molar-refractivity contribution in [3.8, 4) is 0 Å². The third-order valence-corrected chi connectivity index (χ3v) is 5.29. The zero-order valence-corrected chi connectivity index (χ0v) is 17.9. The second-order valence-electron chi connectivity index (χ2n) is 5.66. The average Bonchev–Trinajstić information content (AvgIpc) is 2.92. The van der Waals surface area contributed by atoms with Crippen LogP contribution in [-0.2, 0) is 0 Å². The first-order valence-corrected chi connectivity index (χ1v) is 9.59. The van der Waals surface area contributed by atoms with Gasteiger partial charge in [-0.05, 0) is 44.5 Å². The van der Waals surface area contributed by atoms with E-state index in [1.807, 2.05) is 7.05 Å². The molecule has 0 aromatic rings. The van der Waals surface area contributed by atoms with Crippen molar-refractivity contribution in [3.05, 3.63) is 0 Å². The van der Waals surface area contributed by atoms with E-state index in [2.05, 4.69) is 53.1 Å². The maximum atomic E-state index is 4.36. The molecule has 0 radical (unpaired) electrons. The molecule has 0 aliphatic heterocycles. The minimum Gasteiger partial charge on any atom is -0.355 e. The Morgan fingerprint density at radius 2 is 2.00 bits per heavy atom. The largest absolute Gasteiger partial charge is 0.355 e. The summed E-state index contributed by atoms with van der Waals surface area (Å²) in [6.45, 7) is 11.1. The van der Waals surface area contributed by atoms with Gasteiger partial charge in [-0.1, -0.05) is 20.8 Å². The van der Waals surface area contributed by atoms with Gasteiger partial charge in [0.05, 0.1) is 0 Å². The quantitative estimate of drug-likeness (QED) is 0.327. The van der Waals surface area contributed by atoms with E-state index >= 15 is 0 Å². The second kappa shape index (κ2) is 13.7. The Morgan fingerprint density at radius 3 is 2.59 bits per heavy atom. The van der Waals surface area contributed by atoms with Crippen LogP contribution in [0.25, 0.3) is 0 Å². The van der Waals surface area contributed by atoms with Gasteiger partial charge >= 0.3 is 0 Å². The lowest BCUT2D eigenvalue weighted by atomic mass is 10.2. The molecule has 22 heavy (non-hydrogen) atoms. The molecule has 2 atom stereocenters. The first-order chi connectivity index (χ1) is 10.2. The molecule has 1 fully saturated rings. The number of nitrogens with zero attached hydrogens (tertiary/aromatic N) is 2. The summed E-state index contributed by atoms with van der Waals surface area (Å²) in [5.41, 5.74) is 0. The summed E-state index contributed by atoms with van der Waals surface area (Å²) in [5, 5.41) is 7.88. The summed E-state index contributed by atoms with van der Waals surface area (Å²) in [4.78, 5) is 6.84. The van der Waals surface area contributed by atoms with Gasteiger partial charge in [0.1, 0.15) is 0 Å². The van der Waals surface area contributed by atoms with Crippen LogP contribution < -0.4 is 10.6 Å². The Labute approximate surface area is 158 Å². The van der Waals surface area contributed by atoms with Crippen LogP contribution in [0.15, 0.2) is 4.99 Å². The summed E-state index contributed by atoms with van der Waals surface area (Å²) in [6.07, 6.45) is 5.11. The third-order valence-electron chi connectivity index (χ3n) is 4.06. The van der Waals surface area contributed by atoms with Crippen molar-refractivity contribution in [2.75, 3.05) is 39.0 Å². The molecule has 0 amide bonds. The molecule has 2 unspecified atom stereocenters. The van der Waals surface area contributed by atoms with E-state index in [-0.39, 0.29) is 24.0 Å². The molecule has 132 valence electrons. The number of guanidine groups is 1. The van der Waals surface area contributed by atoms with Crippen molar-refractivity contribution >= 4 is 41.7 Å². The van der Waals surface area contributed by atoms with E-state index in [9.17, 15) is 0 Å². The molecule has 4 nitrogen and oxygen atoms in total. The highest BCUT2D eigenvalue weighted by Gasteiger charge is 2.24. The number of hydrogen-bond acceptors (Lipinski definition) is 3. The molecule has 2 N–H and O–H groups in total. The number of rotatable bonds is 9. The summed E-state index contributed by atoms with van der Waals surface area (Å²) >= 11 is 2.10. The first-order valence-electron chi connectivity index (χ1n) is 8.54. The molecular weight excluding hydrogens is 407 g/mol. The molecule has 0 aromatic carbocycles. The van der Waals surface area contributed by atoms with Gasteiger partial charge in [-0.25, -0.2) is 0 Å². The van der Waals surface area contributed by atoms with Crippen LogP contribution in [-0.4, -0.2) is 61.1 Å². The zero-order valence-electron chi connectivity index (χ0n) is 14.7. The number of nitrogens with one attached hydrogen (secondary N) is 2. The smallest absolute Gasteiger partial charge is 0.191 e. The molecular formula is C16H35IN4S. The highest BCUT2D eigenvalue weighted by atomic mass is 127. The molecule has 1 saturated carbocycles. The Balaban J connectivity index is 0.00000441. The van der Waals surface area contributed by atoms with E-state index in [1.165, 1.54) is 38.0 Å². The fraction of sp³-hybridized carbons (Fsp3) is 0.938. The van der Waals surface area contributed by atoms with Crippen LogP contribution in [0.3, 0.4) is 0 Å². The third kappa shape index (κ3) is 8.82.